The van der Waals surface area contributed by atoms with Gasteiger partial charge in [-0.1, -0.05) is 24.6 Å². The number of halogens is 1. The summed E-state index contributed by atoms with van der Waals surface area (Å²) in [5, 5.41) is 10.8. The van der Waals surface area contributed by atoms with Gasteiger partial charge in [0.2, 0.25) is 0 Å². The Morgan fingerprint density at radius 1 is 1.47 bits per heavy atom. The third kappa shape index (κ3) is 2.56. The van der Waals surface area contributed by atoms with Crippen LogP contribution in [0.3, 0.4) is 0 Å². The van der Waals surface area contributed by atoms with Crippen LogP contribution in [0.1, 0.15) is 30.6 Å². The standard InChI is InChI=1S/C13H15ClN2O3/c1-8-6-9(2)15(7-8)13(17)10-4-3-5-11(12(10)14)16(18)19/h3-5,8-9H,6-7H2,1-2H3. The van der Waals surface area contributed by atoms with Crippen LogP contribution in [-0.2, 0) is 0 Å². The van der Waals surface area contributed by atoms with Gasteiger partial charge in [-0.15, -0.1) is 0 Å². The summed E-state index contributed by atoms with van der Waals surface area (Å²) in [6.07, 6.45) is 0.943. The van der Waals surface area contributed by atoms with E-state index in [0.717, 1.165) is 6.42 Å². The first-order valence-electron chi connectivity index (χ1n) is 6.15. The molecule has 102 valence electrons. The minimum atomic E-state index is -0.574. The van der Waals surface area contributed by atoms with E-state index in [4.69, 9.17) is 11.6 Å². The highest BCUT2D eigenvalue weighted by molar-refractivity contribution is 6.35. The van der Waals surface area contributed by atoms with Crippen molar-refractivity contribution in [3.63, 3.8) is 0 Å². The topological polar surface area (TPSA) is 63.5 Å². The van der Waals surface area contributed by atoms with Crippen LogP contribution in [0.2, 0.25) is 5.02 Å². The van der Waals surface area contributed by atoms with E-state index >= 15 is 0 Å². The largest absolute Gasteiger partial charge is 0.336 e. The van der Waals surface area contributed by atoms with Crippen LogP contribution < -0.4 is 0 Å². The first-order valence-corrected chi connectivity index (χ1v) is 6.53. The summed E-state index contributed by atoms with van der Waals surface area (Å²) in [7, 11) is 0. The second-order valence-electron chi connectivity index (χ2n) is 5.04. The summed E-state index contributed by atoms with van der Waals surface area (Å²) >= 11 is 5.97. The number of benzene rings is 1. The van der Waals surface area contributed by atoms with E-state index in [9.17, 15) is 14.9 Å². The maximum atomic E-state index is 12.4. The Balaban J connectivity index is 2.35. The van der Waals surface area contributed by atoms with E-state index < -0.39 is 4.92 Å². The van der Waals surface area contributed by atoms with Crippen LogP contribution in [-0.4, -0.2) is 28.3 Å². The zero-order valence-electron chi connectivity index (χ0n) is 10.8. The molecule has 6 heteroatoms. The molecule has 1 aliphatic heterocycles. The molecule has 0 bridgehead atoms. The predicted molar refractivity (Wildman–Crippen MR) is 72.4 cm³/mol. The zero-order valence-corrected chi connectivity index (χ0v) is 11.6. The lowest BCUT2D eigenvalue weighted by Crippen LogP contribution is -2.34. The van der Waals surface area contributed by atoms with Gasteiger partial charge in [0.15, 0.2) is 0 Å². The molecule has 0 saturated carbocycles. The van der Waals surface area contributed by atoms with E-state index in [1.165, 1.54) is 18.2 Å². The Bertz CT molecular complexity index is 533. The first-order chi connectivity index (χ1) is 8.91. The molecule has 0 N–H and O–H groups in total. The number of hydrogen-bond donors (Lipinski definition) is 0. The molecule has 1 aromatic rings. The van der Waals surface area contributed by atoms with Crippen molar-refractivity contribution in [3.05, 3.63) is 38.9 Å². The predicted octanol–water partition coefficient (Wildman–Crippen LogP) is 3.12. The van der Waals surface area contributed by atoms with Crippen LogP contribution in [0.15, 0.2) is 18.2 Å². The fourth-order valence-corrected chi connectivity index (χ4v) is 2.84. The Hall–Kier alpha value is -1.62. The molecule has 1 heterocycles. The Morgan fingerprint density at radius 3 is 2.68 bits per heavy atom. The van der Waals surface area contributed by atoms with E-state index in [2.05, 4.69) is 6.92 Å². The minimum Gasteiger partial charge on any atom is -0.336 e. The van der Waals surface area contributed by atoms with Gasteiger partial charge in [-0.2, -0.15) is 0 Å². The van der Waals surface area contributed by atoms with E-state index in [0.29, 0.717) is 12.5 Å². The number of carbonyl (C=O) groups is 1. The highest BCUT2D eigenvalue weighted by Gasteiger charge is 2.32. The molecule has 1 amide bonds. The van der Waals surface area contributed by atoms with Crippen LogP contribution in [0, 0.1) is 16.0 Å². The molecule has 0 aliphatic carbocycles. The lowest BCUT2D eigenvalue weighted by Gasteiger charge is -2.21. The van der Waals surface area contributed by atoms with Gasteiger partial charge in [-0.25, -0.2) is 0 Å². The third-order valence-corrected chi connectivity index (χ3v) is 3.85. The van der Waals surface area contributed by atoms with Crippen LogP contribution in [0.25, 0.3) is 0 Å². The van der Waals surface area contributed by atoms with Gasteiger partial charge < -0.3 is 4.90 Å². The summed E-state index contributed by atoms with van der Waals surface area (Å²) in [6.45, 7) is 4.73. The molecule has 0 radical (unpaired) electrons. The monoisotopic (exact) mass is 282 g/mol. The third-order valence-electron chi connectivity index (χ3n) is 3.45. The number of likely N-dealkylation sites (tertiary alicyclic amines) is 1. The molecule has 2 rings (SSSR count). The van der Waals surface area contributed by atoms with Gasteiger partial charge in [0.1, 0.15) is 5.02 Å². The molecule has 1 fully saturated rings. The molecule has 0 spiro atoms. The molecule has 2 unspecified atom stereocenters. The number of rotatable bonds is 2. The lowest BCUT2D eigenvalue weighted by molar-refractivity contribution is -0.384. The molecular formula is C13H15ClN2O3. The molecule has 1 aliphatic rings. The quantitative estimate of drug-likeness (QED) is 0.618. The number of hydrogen-bond acceptors (Lipinski definition) is 3. The van der Waals surface area contributed by atoms with Crippen LogP contribution >= 0.6 is 11.6 Å². The summed E-state index contributed by atoms with van der Waals surface area (Å²) in [5.74, 6) is 0.210. The number of nitrogens with zero attached hydrogens (tertiary/aromatic N) is 2. The van der Waals surface area contributed by atoms with Gasteiger partial charge in [0, 0.05) is 18.7 Å². The van der Waals surface area contributed by atoms with Gasteiger partial charge in [0.25, 0.3) is 11.6 Å². The Kier molecular flexibility index (Phi) is 3.75. The smallest absolute Gasteiger partial charge is 0.288 e. The fourth-order valence-electron chi connectivity index (χ4n) is 2.56. The number of nitro benzene ring substituents is 1. The molecule has 1 aromatic carbocycles. The van der Waals surface area contributed by atoms with Gasteiger partial charge in [-0.3, -0.25) is 14.9 Å². The van der Waals surface area contributed by atoms with Crippen molar-refractivity contribution < 1.29 is 9.72 Å². The second-order valence-corrected chi connectivity index (χ2v) is 5.42. The van der Waals surface area contributed by atoms with E-state index in [1.54, 1.807) is 4.90 Å². The summed E-state index contributed by atoms with van der Waals surface area (Å²) < 4.78 is 0. The van der Waals surface area contributed by atoms with E-state index in [1.807, 2.05) is 6.92 Å². The van der Waals surface area contributed by atoms with Crippen molar-refractivity contribution >= 4 is 23.2 Å². The highest BCUT2D eigenvalue weighted by Crippen LogP contribution is 2.31. The van der Waals surface area contributed by atoms with E-state index in [-0.39, 0.29) is 28.2 Å². The molecular weight excluding hydrogens is 268 g/mol. The van der Waals surface area contributed by atoms with Crippen molar-refractivity contribution in [2.45, 2.75) is 26.3 Å². The maximum absolute atomic E-state index is 12.4. The molecule has 2 atom stereocenters. The molecule has 1 saturated heterocycles. The van der Waals surface area contributed by atoms with Crippen molar-refractivity contribution in [3.8, 4) is 0 Å². The Labute approximate surface area is 116 Å². The number of nitro groups is 1. The summed E-state index contributed by atoms with van der Waals surface area (Å²) in [5.41, 5.74) is -0.0239. The van der Waals surface area contributed by atoms with Gasteiger partial charge in [-0.05, 0) is 25.3 Å². The SMILES string of the molecule is CC1CC(C)N(C(=O)c2cccc([N+](=O)[O-])c2Cl)C1. The Morgan fingerprint density at radius 2 is 2.16 bits per heavy atom. The molecule has 19 heavy (non-hydrogen) atoms. The lowest BCUT2D eigenvalue weighted by atomic mass is 10.1. The summed E-state index contributed by atoms with van der Waals surface area (Å²) in [4.78, 5) is 24.4. The van der Waals surface area contributed by atoms with Crippen molar-refractivity contribution in [1.29, 1.82) is 0 Å². The van der Waals surface area contributed by atoms with Gasteiger partial charge in [0.05, 0.1) is 10.5 Å². The van der Waals surface area contributed by atoms with Crippen molar-refractivity contribution in [2.24, 2.45) is 5.92 Å². The molecule has 5 nitrogen and oxygen atoms in total. The maximum Gasteiger partial charge on any atom is 0.288 e. The zero-order chi connectivity index (χ0) is 14.2. The molecule has 0 aromatic heterocycles. The minimum absolute atomic E-state index is 0.0794. The average molecular weight is 283 g/mol. The number of carbonyl (C=O) groups excluding carboxylic acids is 1. The van der Waals surface area contributed by atoms with Crippen molar-refractivity contribution in [1.82, 2.24) is 4.90 Å². The number of amides is 1. The normalized spacial score (nSPS) is 22.6. The summed E-state index contributed by atoms with van der Waals surface area (Å²) in [6, 6.07) is 4.46. The first kappa shape index (κ1) is 13.8. The van der Waals surface area contributed by atoms with Crippen LogP contribution in [0.5, 0.6) is 0 Å². The second kappa shape index (κ2) is 5.17. The average Bonchev–Trinajstić information content (AvgIpc) is 2.67. The van der Waals surface area contributed by atoms with Crippen LogP contribution in [0.4, 0.5) is 5.69 Å². The fraction of sp³-hybridized carbons (Fsp3) is 0.462. The van der Waals surface area contributed by atoms with Gasteiger partial charge >= 0.3 is 0 Å². The van der Waals surface area contributed by atoms with Crippen molar-refractivity contribution in [2.75, 3.05) is 6.54 Å². The highest BCUT2D eigenvalue weighted by atomic mass is 35.5.